The molecule has 1 fully saturated rings. The molecule has 0 saturated carbocycles. The van der Waals surface area contributed by atoms with E-state index in [1.54, 1.807) is 18.3 Å². The molecule has 1 aromatic heterocycles. The van der Waals surface area contributed by atoms with Gasteiger partial charge in [0.25, 0.3) is 0 Å². The first kappa shape index (κ1) is 13.4. The van der Waals surface area contributed by atoms with Crippen LogP contribution in [0, 0.1) is 11.3 Å². The Labute approximate surface area is 124 Å². The highest BCUT2D eigenvalue weighted by Crippen LogP contribution is 2.27. The van der Waals surface area contributed by atoms with Crippen LogP contribution in [-0.2, 0) is 0 Å². The second-order valence-corrected chi connectivity index (χ2v) is 5.14. The largest absolute Gasteiger partial charge is 0.456 e. The Balaban J connectivity index is 1.74. The molecule has 106 valence electrons. The van der Waals surface area contributed by atoms with Crippen molar-refractivity contribution in [1.29, 1.82) is 5.26 Å². The van der Waals surface area contributed by atoms with Crippen molar-refractivity contribution < 1.29 is 4.74 Å². The number of ether oxygens (including phenoxy) is 1. The Morgan fingerprint density at radius 3 is 2.62 bits per heavy atom. The van der Waals surface area contributed by atoms with E-state index in [9.17, 15) is 0 Å². The highest BCUT2D eigenvalue weighted by Gasteiger charge is 2.11. The molecular formula is C17H17N3O. The summed E-state index contributed by atoms with van der Waals surface area (Å²) in [6, 6.07) is 13.5. The van der Waals surface area contributed by atoms with Gasteiger partial charge in [0.2, 0.25) is 0 Å². The van der Waals surface area contributed by atoms with Gasteiger partial charge in [-0.1, -0.05) is 6.07 Å². The molecule has 0 aliphatic carbocycles. The zero-order valence-electron chi connectivity index (χ0n) is 11.8. The summed E-state index contributed by atoms with van der Waals surface area (Å²) in [6.07, 6.45) is 5.41. The summed E-state index contributed by atoms with van der Waals surface area (Å²) < 4.78 is 5.81. The summed E-state index contributed by atoms with van der Waals surface area (Å²) in [4.78, 5) is 6.41. The van der Waals surface area contributed by atoms with Gasteiger partial charge in [-0.15, -0.1) is 0 Å². The lowest BCUT2D eigenvalue weighted by Crippen LogP contribution is -2.29. The normalized spacial score (nSPS) is 14.5. The van der Waals surface area contributed by atoms with Gasteiger partial charge in [0, 0.05) is 24.8 Å². The quantitative estimate of drug-likeness (QED) is 0.858. The third-order valence-electron chi connectivity index (χ3n) is 3.63. The number of nitriles is 1. The molecule has 4 nitrogen and oxygen atoms in total. The number of anilines is 1. The summed E-state index contributed by atoms with van der Waals surface area (Å²) in [5.74, 6) is 1.44. The number of aromatic nitrogens is 1. The fourth-order valence-corrected chi connectivity index (χ4v) is 2.54. The molecule has 4 heteroatoms. The number of benzene rings is 1. The Kier molecular flexibility index (Phi) is 4.02. The number of hydrogen-bond donors (Lipinski definition) is 0. The number of piperidine rings is 1. The maximum Gasteiger partial charge on any atom is 0.145 e. The van der Waals surface area contributed by atoms with Crippen molar-refractivity contribution in [3.8, 4) is 17.6 Å². The lowest BCUT2D eigenvalue weighted by molar-refractivity contribution is 0.479. The minimum Gasteiger partial charge on any atom is -0.456 e. The van der Waals surface area contributed by atoms with Crippen molar-refractivity contribution in [2.45, 2.75) is 19.3 Å². The number of hydrogen-bond acceptors (Lipinski definition) is 4. The second-order valence-electron chi connectivity index (χ2n) is 5.14. The Bertz CT molecular complexity index is 640. The molecule has 0 unspecified atom stereocenters. The Hall–Kier alpha value is -2.54. The van der Waals surface area contributed by atoms with Crippen LogP contribution >= 0.6 is 0 Å². The minimum absolute atomic E-state index is 0.393. The summed E-state index contributed by atoms with van der Waals surface area (Å²) in [5.41, 5.74) is 1.60. The average molecular weight is 279 g/mol. The van der Waals surface area contributed by atoms with Gasteiger partial charge in [-0.3, -0.25) is 0 Å². The van der Waals surface area contributed by atoms with Gasteiger partial charge >= 0.3 is 0 Å². The molecule has 21 heavy (non-hydrogen) atoms. The van der Waals surface area contributed by atoms with E-state index in [-0.39, 0.29) is 0 Å². The predicted octanol–water partition coefficient (Wildman–Crippen LogP) is 3.74. The van der Waals surface area contributed by atoms with E-state index >= 15 is 0 Å². The van der Waals surface area contributed by atoms with Crippen molar-refractivity contribution in [3.05, 3.63) is 48.3 Å². The molecule has 1 aliphatic rings. The van der Waals surface area contributed by atoms with Crippen LogP contribution < -0.4 is 9.64 Å². The van der Waals surface area contributed by atoms with Crippen LogP contribution in [0.25, 0.3) is 0 Å². The fraction of sp³-hybridized carbons (Fsp3) is 0.294. The Morgan fingerprint density at radius 2 is 1.90 bits per heavy atom. The first-order valence-corrected chi connectivity index (χ1v) is 7.24. The van der Waals surface area contributed by atoms with Crippen LogP contribution in [0.2, 0.25) is 0 Å². The van der Waals surface area contributed by atoms with Gasteiger partial charge in [0.15, 0.2) is 0 Å². The topological polar surface area (TPSA) is 49.1 Å². The maximum absolute atomic E-state index is 8.74. The van der Waals surface area contributed by atoms with Gasteiger partial charge in [0.1, 0.15) is 23.3 Å². The first-order chi connectivity index (χ1) is 10.3. The lowest BCUT2D eigenvalue weighted by Gasteiger charge is -2.29. The highest BCUT2D eigenvalue weighted by molar-refractivity contribution is 5.51. The molecule has 2 heterocycles. The third kappa shape index (κ3) is 3.32. The van der Waals surface area contributed by atoms with Crippen LogP contribution in [0.1, 0.15) is 25.0 Å². The molecule has 0 atom stereocenters. The lowest BCUT2D eigenvalue weighted by atomic mass is 10.1. The van der Waals surface area contributed by atoms with Crippen LogP contribution in [0.4, 0.5) is 5.69 Å². The van der Waals surface area contributed by atoms with Gasteiger partial charge < -0.3 is 9.64 Å². The van der Waals surface area contributed by atoms with Crippen molar-refractivity contribution in [2.75, 3.05) is 18.0 Å². The number of nitrogens with zero attached hydrogens (tertiary/aromatic N) is 3. The van der Waals surface area contributed by atoms with E-state index in [4.69, 9.17) is 10.00 Å². The predicted molar refractivity (Wildman–Crippen MR) is 81.5 cm³/mol. The van der Waals surface area contributed by atoms with Crippen molar-refractivity contribution in [1.82, 2.24) is 4.98 Å². The van der Waals surface area contributed by atoms with Crippen molar-refractivity contribution in [3.63, 3.8) is 0 Å². The molecule has 0 radical (unpaired) electrons. The van der Waals surface area contributed by atoms with Crippen LogP contribution in [0.5, 0.6) is 11.5 Å². The van der Waals surface area contributed by atoms with Crippen LogP contribution in [-0.4, -0.2) is 18.1 Å². The van der Waals surface area contributed by atoms with Crippen LogP contribution in [0.15, 0.2) is 42.6 Å². The minimum atomic E-state index is 0.393. The first-order valence-electron chi connectivity index (χ1n) is 7.24. The van der Waals surface area contributed by atoms with Gasteiger partial charge in [-0.05, 0) is 43.5 Å². The molecule has 0 N–H and O–H groups in total. The number of pyridine rings is 1. The monoisotopic (exact) mass is 279 g/mol. The van der Waals surface area contributed by atoms with E-state index < -0.39 is 0 Å². The SMILES string of the molecule is N#Cc1ccc(Oc2cccc(N3CCCCC3)c2)cn1. The standard InChI is InChI=1S/C17H17N3O/c18-12-14-7-8-17(13-19-14)21-16-6-4-5-15(11-16)20-9-2-1-3-10-20/h4-8,11,13H,1-3,9-10H2. The second kappa shape index (κ2) is 6.27. The molecule has 0 amide bonds. The average Bonchev–Trinajstić information content (AvgIpc) is 2.57. The molecule has 1 aromatic carbocycles. The zero-order valence-corrected chi connectivity index (χ0v) is 11.8. The molecule has 0 bridgehead atoms. The van der Waals surface area contributed by atoms with E-state index in [1.165, 1.54) is 24.9 Å². The van der Waals surface area contributed by atoms with Crippen molar-refractivity contribution in [2.24, 2.45) is 0 Å². The molecular weight excluding hydrogens is 262 g/mol. The molecule has 1 saturated heterocycles. The Morgan fingerprint density at radius 1 is 1.05 bits per heavy atom. The van der Waals surface area contributed by atoms with E-state index in [0.29, 0.717) is 11.4 Å². The summed E-state index contributed by atoms with van der Waals surface area (Å²) in [6.45, 7) is 2.23. The highest BCUT2D eigenvalue weighted by atomic mass is 16.5. The molecule has 1 aliphatic heterocycles. The van der Waals surface area contributed by atoms with Gasteiger partial charge in [-0.2, -0.15) is 5.26 Å². The smallest absolute Gasteiger partial charge is 0.145 e. The summed E-state index contributed by atoms with van der Waals surface area (Å²) in [7, 11) is 0. The zero-order chi connectivity index (χ0) is 14.5. The van der Waals surface area contributed by atoms with Crippen LogP contribution in [0.3, 0.4) is 0 Å². The summed E-state index contributed by atoms with van der Waals surface area (Å²) >= 11 is 0. The van der Waals surface area contributed by atoms with E-state index in [2.05, 4.69) is 22.0 Å². The maximum atomic E-state index is 8.74. The molecule has 3 rings (SSSR count). The summed E-state index contributed by atoms with van der Waals surface area (Å²) in [5, 5.41) is 8.74. The van der Waals surface area contributed by atoms with E-state index in [0.717, 1.165) is 18.8 Å². The van der Waals surface area contributed by atoms with E-state index in [1.807, 2.05) is 18.2 Å². The third-order valence-corrected chi connectivity index (χ3v) is 3.63. The van der Waals surface area contributed by atoms with Gasteiger partial charge in [0.05, 0.1) is 6.20 Å². The molecule has 2 aromatic rings. The fourth-order valence-electron chi connectivity index (χ4n) is 2.54. The molecule has 0 spiro atoms. The number of rotatable bonds is 3. The van der Waals surface area contributed by atoms with Crippen molar-refractivity contribution >= 4 is 5.69 Å². The van der Waals surface area contributed by atoms with Gasteiger partial charge in [-0.25, -0.2) is 4.98 Å².